The fourth-order valence-corrected chi connectivity index (χ4v) is 4.39. The average Bonchev–Trinajstić information content (AvgIpc) is 2.95. The van der Waals surface area contributed by atoms with Gasteiger partial charge in [-0.05, 0) is 56.8 Å². The quantitative estimate of drug-likeness (QED) is 0.793. The summed E-state index contributed by atoms with van der Waals surface area (Å²) in [5.74, 6) is 1.76. The Hall–Kier alpha value is -0.480. The molecule has 3 atom stereocenters. The SMILES string of the molecule is CCN(CC1CCCS1)C(=O)/C=C/C1CCCC(O)C1. The lowest BCUT2D eigenvalue weighted by Crippen LogP contribution is -2.34. The Labute approximate surface area is 126 Å². The normalized spacial score (nSPS) is 30.8. The molecule has 1 heterocycles. The van der Waals surface area contributed by atoms with Crippen molar-refractivity contribution in [3.63, 3.8) is 0 Å². The molecule has 20 heavy (non-hydrogen) atoms. The molecule has 0 radical (unpaired) electrons. The van der Waals surface area contributed by atoms with Gasteiger partial charge in [0.2, 0.25) is 5.91 Å². The number of carbonyl (C=O) groups is 1. The van der Waals surface area contributed by atoms with E-state index in [-0.39, 0.29) is 12.0 Å². The lowest BCUT2D eigenvalue weighted by Gasteiger charge is -2.24. The number of rotatable bonds is 5. The van der Waals surface area contributed by atoms with Crippen LogP contribution in [-0.2, 0) is 4.79 Å². The first-order chi connectivity index (χ1) is 9.69. The molecule has 3 unspecified atom stereocenters. The molecular formula is C16H27NO2S. The second-order valence-electron chi connectivity index (χ2n) is 5.95. The Kier molecular flexibility index (Phi) is 6.43. The smallest absolute Gasteiger partial charge is 0.246 e. The third kappa shape index (κ3) is 4.81. The van der Waals surface area contributed by atoms with Gasteiger partial charge < -0.3 is 10.0 Å². The molecule has 1 saturated heterocycles. The Balaban J connectivity index is 1.81. The van der Waals surface area contributed by atoms with Crippen molar-refractivity contribution in [1.82, 2.24) is 4.90 Å². The van der Waals surface area contributed by atoms with Crippen molar-refractivity contribution in [2.45, 2.75) is 56.8 Å². The summed E-state index contributed by atoms with van der Waals surface area (Å²) in [4.78, 5) is 14.2. The first kappa shape index (κ1) is 15.9. The zero-order valence-corrected chi connectivity index (χ0v) is 13.3. The number of aliphatic hydroxyl groups is 1. The van der Waals surface area contributed by atoms with Crippen LogP contribution in [0.15, 0.2) is 12.2 Å². The van der Waals surface area contributed by atoms with E-state index in [1.807, 2.05) is 22.7 Å². The van der Waals surface area contributed by atoms with Gasteiger partial charge in [-0.1, -0.05) is 12.5 Å². The molecule has 1 aliphatic heterocycles. The molecule has 0 aromatic rings. The maximum Gasteiger partial charge on any atom is 0.246 e. The average molecular weight is 297 g/mol. The van der Waals surface area contributed by atoms with Crippen LogP contribution in [0.25, 0.3) is 0 Å². The standard InChI is InChI=1S/C16H27NO2S/c1-2-17(12-15-7-4-10-20-15)16(19)9-8-13-5-3-6-14(18)11-13/h8-9,13-15,18H,2-7,10-12H2,1H3/b9-8+. The van der Waals surface area contributed by atoms with E-state index in [0.29, 0.717) is 11.2 Å². The third-order valence-electron chi connectivity index (χ3n) is 4.34. The predicted molar refractivity (Wildman–Crippen MR) is 84.8 cm³/mol. The summed E-state index contributed by atoms with van der Waals surface area (Å²) >= 11 is 2.00. The van der Waals surface area contributed by atoms with Gasteiger partial charge in [-0.2, -0.15) is 11.8 Å². The van der Waals surface area contributed by atoms with Crippen molar-refractivity contribution in [3.05, 3.63) is 12.2 Å². The van der Waals surface area contributed by atoms with Crippen molar-refractivity contribution in [3.8, 4) is 0 Å². The summed E-state index contributed by atoms with van der Waals surface area (Å²) in [6.45, 7) is 3.72. The number of likely N-dealkylation sites (N-methyl/N-ethyl adjacent to an activating group) is 1. The lowest BCUT2D eigenvalue weighted by molar-refractivity contribution is -0.125. The summed E-state index contributed by atoms with van der Waals surface area (Å²) in [6.07, 6.45) is 10.0. The summed E-state index contributed by atoms with van der Waals surface area (Å²) in [5.41, 5.74) is 0. The Morgan fingerprint density at radius 3 is 2.85 bits per heavy atom. The van der Waals surface area contributed by atoms with Crippen molar-refractivity contribution in [2.75, 3.05) is 18.8 Å². The van der Waals surface area contributed by atoms with Crippen LogP contribution in [0.4, 0.5) is 0 Å². The first-order valence-corrected chi connectivity index (χ1v) is 9.00. The molecular weight excluding hydrogens is 270 g/mol. The van der Waals surface area contributed by atoms with Crippen LogP contribution in [0.3, 0.4) is 0 Å². The van der Waals surface area contributed by atoms with Gasteiger partial charge in [0.05, 0.1) is 6.10 Å². The molecule has 1 N–H and O–H groups in total. The van der Waals surface area contributed by atoms with Crippen molar-refractivity contribution < 1.29 is 9.90 Å². The maximum atomic E-state index is 12.3. The zero-order chi connectivity index (χ0) is 14.4. The number of hydrogen-bond acceptors (Lipinski definition) is 3. The van der Waals surface area contributed by atoms with E-state index in [1.54, 1.807) is 6.08 Å². The van der Waals surface area contributed by atoms with Gasteiger partial charge in [0.25, 0.3) is 0 Å². The Morgan fingerprint density at radius 2 is 2.20 bits per heavy atom. The number of thioether (sulfide) groups is 1. The van der Waals surface area contributed by atoms with Crippen molar-refractivity contribution in [2.24, 2.45) is 5.92 Å². The lowest BCUT2D eigenvalue weighted by atomic mass is 9.87. The fourth-order valence-electron chi connectivity index (χ4n) is 3.11. The highest BCUT2D eigenvalue weighted by Gasteiger charge is 2.21. The van der Waals surface area contributed by atoms with Gasteiger partial charge in [0.15, 0.2) is 0 Å². The van der Waals surface area contributed by atoms with Crippen LogP contribution in [0.5, 0.6) is 0 Å². The topological polar surface area (TPSA) is 40.5 Å². The number of nitrogens with zero attached hydrogens (tertiary/aromatic N) is 1. The molecule has 3 nitrogen and oxygen atoms in total. The fraction of sp³-hybridized carbons (Fsp3) is 0.812. The Morgan fingerprint density at radius 1 is 1.35 bits per heavy atom. The summed E-state index contributed by atoms with van der Waals surface area (Å²) in [6, 6.07) is 0. The summed E-state index contributed by atoms with van der Waals surface area (Å²) < 4.78 is 0. The van der Waals surface area contributed by atoms with Gasteiger partial charge in [0, 0.05) is 18.3 Å². The van der Waals surface area contributed by atoms with Crippen LogP contribution in [0, 0.1) is 5.92 Å². The second kappa shape index (κ2) is 8.08. The van der Waals surface area contributed by atoms with E-state index in [4.69, 9.17) is 0 Å². The highest BCUT2D eigenvalue weighted by molar-refractivity contribution is 8.00. The minimum Gasteiger partial charge on any atom is -0.393 e. The van der Waals surface area contributed by atoms with Gasteiger partial charge in [-0.15, -0.1) is 0 Å². The molecule has 1 saturated carbocycles. The van der Waals surface area contributed by atoms with E-state index in [0.717, 1.165) is 38.8 Å². The van der Waals surface area contributed by atoms with Gasteiger partial charge in [-0.3, -0.25) is 4.79 Å². The van der Waals surface area contributed by atoms with E-state index in [1.165, 1.54) is 18.6 Å². The molecule has 114 valence electrons. The van der Waals surface area contributed by atoms with Gasteiger partial charge in [-0.25, -0.2) is 0 Å². The number of carbonyl (C=O) groups excluding carboxylic acids is 1. The molecule has 0 spiro atoms. The van der Waals surface area contributed by atoms with Crippen LogP contribution in [0.2, 0.25) is 0 Å². The minimum absolute atomic E-state index is 0.139. The Bertz CT molecular complexity index is 339. The van der Waals surface area contributed by atoms with E-state index >= 15 is 0 Å². The first-order valence-electron chi connectivity index (χ1n) is 7.95. The van der Waals surface area contributed by atoms with Crippen molar-refractivity contribution in [1.29, 1.82) is 0 Å². The molecule has 2 fully saturated rings. The van der Waals surface area contributed by atoms with Gasteiger partial charge >= 0.3 is 0 Å². The molecule has 2 rings (SSSR count). The highest BCUT2D eigenvalue weighted by Crippen LogP contribution is 2.27. The number of aliphatic hydroxyl groups excluding tert-OH is 1. The summed E-state index contributed by atoms with van der Waals surface area (Å²) in [7, 11) is 0. The predicted octanol–water partition coefficient (Wildman–Crippen LogP) is 2.84. The molecule has 1 amide bonds. The summed E-state index contributed by atoms with van der Waals surface area (Å²) in [5, 5.41) is 10.3. The van der Waals surface area contributed by atoms with Gasteiger partial charge in [0.1, 0.15) is 0 Å². The van der Waals surface area contributed by atoms with E-state index < -0.39 is 0 Å². The van der Waals surface area contributed by atoms with E-state index in [2.05, 4.69) is 6.92 Å². The van der Waals surface area contributed by atoms with Crippen LogP contribution in [0.1, 0.15) is 45.4 Å². The second-order valence-corrected chi connectivity index (χ2v) is 7.36. The molecule has 0 aromatic heterocycles. The molecule has 2 aliphatic rings. The third-order valence-corrected chi connectivity index (χ3v) is 5.72. The number of amides is 1. The minimum atomic E-state index is -0.175. The van der Waals surface area contributed by atoms with Crippen LogP contribution < -0.4 is 0 Å². The maximum absolute atomic E-state index is 12.3. The monoisotopic (exact) mass is 297 g/mol. The number of allylic oxidation sites excluding steroid dienone is 1. The van der Waals surface area contributed by atoms with Crippen LogP contribution in [-0.4, -0.2) is 46.1 Å². The van der Waals surface area contributed by atoms with Crippen molar-refractivity contribution >= 4 is 17.7 Å². The zero-order valence-electron chi connectivity index (χ0n) is 12.5. The van der Waals surface area contributed by atoms with E-state index in [9.17, 15) is 9.90 Å². The molecule has 1 aliphatic carbocycles. The number of hydrogen-bond donors (Lipinski definition) is 1. The molecule has 4 heteroatoms. The van der Waals surface area contributed by atoms with Crippen LogP contribution >= 0.6 is 11.8 Å². The molecule has 0 aromatic carbocycles. The molecule has 0 bridgehead atoms. The largest absolute Gasteiger partial charge is 0.393 e. The highest BCUT2D eigenvalue weighted by atomic mass is 32.2.